The van der Waals surface area contributed by atoms with Gasteiger partial charge in [0.25, 0.3) is 0 Å². The van der Waals surface area contributed by atoms with Crippen molar-refractivity contribution in [3.8, 4) is 17.1 Å². The molecule has 162 valence electrons. The molecule has 0 saturated heterocycles. The highest BCUT2D eigenvalue weighted by atomic mass is 32.2. The number of methoxy groups -OCH3 is 1. The first-order valence-corrected chi connectivity index (χ1v) is 11.6. The molecule has 1 heterocycles. The lowest BCUT2D eigenvalue weighted by molar-refractivity contribution is -0.119. The maximum atomic E-state index is 12.7. The zero-order valence-corrected chi connectivity index (χ0v) is 19.0. The molecule has 2 aromatic carbocycles. The van der Waals surface area contributed by atoms with Gasteiger partial charge in [-0.1, -0.05) is 41.6 Å². The number of hydrogen-bond donors (Lipinski definition) is 1. The Morgan fingerprint density at radius 3 is 2.48 bits per heavy atom. The summed E-state index contributed by atoms with van der Waals surface area (Å²) < 4.78 is 7.27. The van der Waals surface area contributed by atoms with E-state index in [1.807, 2.05) is 28.8 Å². The monoisotopic (exact) mass is 436 g/mol. The van der Waals surface area contributed by atoms with E-state index >= 15 is 0 Å². The van der Waals surface area contributed by atoms with E-state index in [2.05, 4.69) is 53.6 Å². The van der Waals surface area contributed by atoms with Gasteiger partial charge in [0.2, 0.25) is 5.91 Å². The Labute approximate surface area is 187 Å². The van der Waals surface area contributed by atoms with Gasteiger partial charge in [0.15, 0.2) is 11.0 Å². The molecule has 31 heavy (non-hydrogen) atoms. The van der Waals surface area contributed by atoms with Crippen molar-refractivity contribution in [2.45, 2.75) is 44.4 Å². The smallest absolute Gasteiger partial charge is 0.230 e. The van der Waals surface area contributed by atoms with Crippen LogP contribution in [0.2, 0.25) is 0 Å². The number of benzene rings is 2. The Hall–Kier alpha value is -2.80. The number of aryl methyl sites for hydroxylation is 1. The zero-order valence-electron chi connectivity index (χ0n) is 18.2. The quantitative estimate of drug-likeness (QED) is 0.495. The van der Waals surface area contributed by atoms with Crippen molar-refractivity contribution in [1.82, 2.24) is 20.1 Å². The molecule has 1 atom stereocenters. The predicted molar refractivity (Wildman–Crippen MR) is 123 cm³/mol. The average molecular weight is 437 g/mol. The molecule has 0 bridgehead atoms. The zero-order chi connectivity index (χ0) is 21.8. The number of hydrogen-bond acceptors (Lipinski definition) is 5. The van der Waals surface area contributed by atoms with E-state index in [9.17, 15) is 4.79 Å². The summed E-state index contributed by atoms with van der Waals surface area (Å²) in [7, 11) is 1.65. The fraction of sp³-hybridized carbons (Fsp3) is 0.375. The van der Waals surface area contributed by atoms with Crippen LogP contribution in [0.5, 0.6) is 5.75 Å². The number of thioether (sulfide) groups is 1. The van der Waals surface area contributed by atoms with Crippen LogP contribution in [0, 0.1) is 12.8 Å². The van der Waals surface area contributed by atoms with E-state index < -0.39 is 0 Å². The molecule has 1 N–H and O–H groups in total. The first kappa shape index (κ1) is 21.4. The van der Waals surface area contributed by atoms with E-state index in [1.165, 1.54) is 35.7 Å². The van der Waals surface area contributed by atoms with Crippen LogP contribution in [0.15, 0.2) is 53.7 Å². The predicted octanol–water partition coefficient (Wildman–Crippen LogP) is 4.64. The number of rotatable bonds is 9. The SMILES string of the molecule is CCn1c(SCC(=O)NC(c2ccc(C)cc2)C2CC2)nnc1-c1ccc(OC)cc1. The van der Waals surface area contributed by atoms with E-state index in [-0.39, 0.29) is 11.9 Å². The Morgan fingerprint density at radius 2 is 1.87 bits per heavy atom. The van der Waals surface area contributed by atoms with Gasteiger partial charge in [-0.25, -0.2) is 0 Å². The van der Waals surface area contributed by atoms with Crippen molar-refractivity contribution in [2.75, 3.05) is 12.9 Å². The minimum absolute atomic E-state index is 0.0270. The highest BCUT2D eigenvalue weighted by Crippen LogP contribution is 2.41. The van der Waals surface area contributed by atoms with E-state index in [0.29, 0.717) is 11.7 Å². The van der Waals surface area contributed by atoms with Gasteiger partial charge in [-0.05, 0) is 62.4 Å². The Balaban J connectivity index is 1.41. The highest BCUT2D eigenvalue weighted by Gasteiger charge is 2.33. The lowest BCUT2D eigenvalue weighted by Crippen LogP contribution is -2.31. The molecule has 1 saturated carbocycles. The van der Waals surface area contributed by atoms with Gasteiger partial charge in [-0.15, -0.1) is 10.2 Å². The second kappa shape index (κ2) is 9.56. The first-order valence-electron chi connectivity index (χ1n) is 10.7. The van der Waals surface area contributed by atoms with Crippen LogP contribution >= 0.6 is 11.8 Å². The summed E-state index contributed by atoms with van der Waals surface area (Å²) in [5.74, 6) is 2.48. The van der Waals surface area contributed by atoms with Crippen molar-refractivity contribution in [2.24, 2.45) is 5.92 Å². The summed E-state index contributed by atoms with van der Waals surface area (Å²) >= 11 is 1.43. The minimum atomic E-state index is 0.0270. The number of aromatic nitrogens is 3. The van der Waals surface area contributed by atoms with Crippen LogP contribution in [0.4, 0.5) is 0 Å². The molecule has 6 nitrogen and oxygen atoms in total. The van der Waals surface area contributed by atoms with Crippen molar-refractivity contribution in [3.63, 3.8) is 0 Å². The molecule has 0 radical (unpaired) electrons. The minimum Gasteiger partial charge on any atom is -0.497 e. The second-order valence-electron chi connectivity index (χ2n) is 7.86. The van der Waals surface area contributed by atoms with Crippen molar-refractivity contribution < 1.29 is 9.53 Å². The van der Waals surface area contributed by atoms with Crippen LogP contribution < -0.4 is 10.1 Å². The molecule has 1 amide bonds. The molecule has 0 spiro atoms. The van der Waals surface area contributed by atoms with Crippen LogP contribution in [0.25, 0.3) is 11.4 Å². The third kappa shape index (κ3) is 5.10. The van der Waals surface area contributed by atoms with E-state index in [1.54, 1.807) is 7.11 Å². The summed E-state index contributed by atoms with van der Waals surface area (Å²) in [6.45, 7) is 4.86. The van der Waals surface area contributed by atoms with Crippen LogP contribution in [0.1, 0.15) is 36.9 Å². The maximum absolute atomic E-state index is 12.7. The largest absolute Gasteiger partial charge is 0.497 e. The lowest BCUT2D eigenvalue weighted by Gasteiger charge is -2.19. The highest BCUT2D eigenvalue weighted by molar-refractivity contribution is 7.99. The maximum Gasteiger partial charge on any atom is 0.230 e. The van der Waals surface area contributed by atoms with Gasteiger partial charge >= 0.3 is 0 Å². The van der Waals surface area contributed by atoms with Crippen molar-refractivity contribution in [3.05, 3.63) is 59.7 Å². The molecule has 1 aliphatic carbocycles. The second-order valence-corrected chi connectivity index (χ2v) is 8.80. The molecule has 7 heteroatoms. The van der Waals surface area contributed by atoms with Gasteiger partial charge in [0.1, 0.15) is 5.75 Å². The molecule has 1 fully saturated rings. The molecule has 0 aliphatic heterocycles. The van der Waals surface area contributed by atoms with Gasteiger partial charge in [0, 0.05) is 12.1 Å². The standard InChI is InChI=1S/C24H28N4O2S/c1-4-28-23(19-11-13-20(30-3)14-12-19)26-27-24(28)31-15-21(29)25-22(18-9-10-18)17-7-5-16(2)6-8-17/h5-8,11-14,18,22H,4,9-10,15H2,1-3H3,(H,25,29). The molecular formula is C24H28N4O2S. The molecule has 1 unspecified atom stereocenters. The molecule has 1 aromatic heterocycles. The molecule has 3 aromatic rings. The summed E-state index contributed by atoms with van der Waals surface area (Å²) in [6.07, 6.45) is 2.34. The molecular weight excluding hydrogens is 408 g/mol. The number of carbonyl (C=O) groups excluding carboxylic acids is 1. The lowest BCUT2D eigenvalue weighted by atomic mass is 10.0. The number of ether oxygens (including phenoxy) is 1. The fourth-order valence-corrected chi connectivity index (χ4v) is 4.47. The van der Waals surface area contributed by atoms with Gasteiger partial charge in [-0.2, -0.15) is 0 Å². The van der Waals surface area contributed by atoms with E-state index in [4.69, 9.17) is 4.74 Å². The summed E-state index contributed by atoms with van der Waals surface area (Å²) in [6, 6.07) is 16.3. The summed E-state index contributed by atoms with van der Waals surface area (Å²) in [4.78, 5) is 12.7. The molecule has 1 aliphatic rings. The van der Waals surface area contributed by atoms with Crippen LogP contribution in [-0.4, -0.2) is 33.5 Å². The number of nitrogens with one attached hydrogen (secondary N) is 1. The number of amides is 1. The Morgan fingerprint density at radius 1 is 1.16 bits per heavy atom. The topological polar surface area (TPSA) is 69.0 Å². The third-order valence-electron chi connectivity index (χ3n) is 5.56. The number of carbonyl (C=O) groups is 1. The Kier molecular flexibility index (Phi) is 6.61. The van der Waals surface area contributed by atoms with Gasteiger partial charge in [0.05, 0.1) is 18.9 Å². The third-order valence-corrected chi connectivity index (χ3v) is 6.53. The fourth-order valence-electron chi connectivity index (χ4n) is 3.66. The Bertz CT molecular complexity index is 1030. The van der Waals surface area contributed by atoms with Crippen molar-refractivity contribution >= 4 is 17.7 Å². The number of nitrogens with zero attached hydrogens (tertiary/aromatic N) is 3. The van der Waals surface area contributed by atoms with Crippen LogP contribution in [-0.2, 0) is 11.3 Å². The van der Waals surface area contributed by atoms with Crippen molar-refractivity contribution in [1.29, 1.82) is 0 Å². The first-order chi connectivity index (χ1) is 15.1. The normalized spacial score (nSPS) is 14.3. The van der Waals surface area contributed by atoms with Gasteiger partial charge in [-0.3, -0.25) is 4.79 Å². The van der Waals surface area contributed by atoms with E-state index in [0.717, 1.165) is 28.8 Å². The summed E-state index contributed by atoms with van der Waals surface area (Å²) in [5, 5.41) is 12.7. The molecule has 4 rings (SSSR count). The van der Waals surface area contributed by atoms with Gasteiger partial charge < -0.3 is 14.6 Å². The van der Waals surface area contributed by atoms with Crippen LogP contribution in [0.3, 0.4) is 0 Å². The average Bonchev–Trinajstić information content (AvgIpc) is 3.56. The summed E-state index contributed by atoms with van der Waals surface area (Å²) in [5.41, 5.74) is 3.39.